The van der Waals surface area contributed by atoms with Crippen molar-refractivity contribution in [1.29, 1.82) is 0 Å². The van der Waals surface area contributed by atoms with Crippen LogP contribution in [0.1, 0.15) is 36.6 Å². The highest BCUT2D eigenvalue weighted by molar-refractivity contribution is 6.00. The number of carbonyl (C=O) groups is 2. The third kappa shape index (κ3) is 8.33. The molecular formula is C25H24F4N4O3. The van der Waals surface area contributed by atoms with Crippen molar-refractivity contribution in [3.05, 3.63) is 71.4 Å². The topological polar surface area (TPSA) is 93.2 Å². The number of aryl methyl sites for hydroxylation is 2. The third-order valence-electron chi connectivity index (χ3n) is 4.95. The van der Waals surface area contributed by atoms with E-state index in [0.29, 0.717) is 46.8 Å². The van der Waals surface area contributed by atoms with E-state index in [2.05, 4.69) is 20.6 Å². The quantitative estimate of drug-likeness (QED) is 0.379. The molecule has 1 aliphatic carbocycles. The number of ether oxygens (including phenoxy) is 1. The largest absolute Gasteiger partial charge is 0.439 e. The molecule has 0 spiro atoms. The average molecular weight is 504 g/mol. The Kier molecular flexibility index (Phi) is 8.23. The molecule has 3 aromatic rings. The maximum Gasteiger partial charge on any atom is 0.416 e. The van der Waals surface area contributed by atoms with E-state index in [1.807, 2.05) is 0 Å². The minimum atomic E-state index is -4.74. The molecule has 1 fully saturated rings. The molecule has 36 heavy (non-hydrogen) atoms. The third-order valence-corrected chi connectivity index (χ3v) is 4.95. The minimum absolute atomic E-state index is 0.308. The summed E-state index contributed by atoms with van der Waals surface area (Å²) in [4.78, 5) is 30.4. The van der Waals surface area contributed by atoms with Crippen LogP contribution < -0.4 is 15.4 Å². The fourth-order valence-electron chi connectivity index (χ4n) is 3.09. The normalized spacial score (nSPS) is 12.8. The number of anilines is 2. The van der Waals surface area contributed by atoms with Gasteiger partial charge in [0, 0.05) is 35.1 Å². The molecular weight excluding hydrogens is 480 g/mol. The molecule has 0 bridgehead atoms. The number of benzene rings is 2. The standard InChI is InChI=1S/C20H16F4N4O2.C5H8O/c1-11-3-15(9-17(4-11)30-18-5-12(2)25-10-26-18)27-19(29)28-16-7-13(20(22,23)24)6-14(21)8-16;1-4(6)5-2-3-5/h3-10H,1-2H3,(H2,27,28,29);5H,2-3H2,1H3. The number of Topliss-reactive ketones (excluding diaryl/α,β-unsaturated/α-hetero) is 1. The molecule has 1 aliphatic rings. The van der Waals surface area contributed by atoms with E-state index in [1.165, 1.54) is 12.4 Å². The number of aromatic nitrogens is 2. The monoisotopic (exact) mass is 504 g/mol. The molecule has 1 saturated carbocycles. The number of hydrogen-bond donors (Lipinski definition) is 2. The summed E-state index contributed by atoms with van der Waals surface area (Å²) in [5, 5.41) is 4.67. The van der Waals surface area contributed by atoms with E-state index < -0.39 is 23.6 Å². The SMILES string of the molecule is CC(=O)C1CC1.Cc1cc(NC(=O)Nc2cc(F)cc(C(F)(F)F)c2)cc(Oc2cc(C)ncn2)c1. The average Bonchev–Trinajstić information content (AvgIpc) is 3.58. The molecule has 1 aromatic heterocycles. The summed E-state index contributed by atoms with van der Waals surface area (Å²) in [6.07, 6.45) is -1.09. The molecule has 190 valence electrons. The van der Waals surface area contributed by atoms with Crippen molar-refractivity contribution in [3.8, 4) is 11.6 Å². The summed E-state index contributed by atoms with van der Waals surface area (Å²) >= 11 is 0. The van der Waals surface area contributed by atoms with Crippen molar-refractivity contribution in [2.24, 2.45) is 5.92 Å². The molecule has 1 heterocycles. The number of ketones is 1. The van der Waals surface area contributed by atoms with Crippen molar-refractivity contribution in [2.75, 3.05) is 10.6 Å². The lowest BCUT2D eigenvalue weighted by Gasteiger charge is -2.13. The maximum atomic E-state index is 13.5. The summed E-state index contributed by atoms with van der Waals surface area (Å²) in [7, 11) is 0. The zero-order valence-corrected chi connectivity index (χ0v) is 19.7. The van der Waals surface area contributed by atoms with Gasteiger partial charge in [0.1, 0.15) is 23.7 Å². The van der Waals surface area contributed by atoms with E-state index in [1.54, 1.807) is 39.0 Å². The van der Waals surface area contributed by atoms with E-state index in [-0.39, 0.29) is 5.69 Å². The molecule has 0 radical (unpaired) electrons. The number of nitrogens with one attached hydrogen (secondary N) is 2. The Morgan fingerprint density at radius 2 is 1.61 bits per heavy atom. The smallest absolute Gasteiger partial charge is 0.416 e. The first-order valence-corrected chi connectivity index (χ1v) is 10.9. The second kappa shape index (κ2) is 11.1. The van der Waals surface area contributed by atoms with Gasteiger partial charge in [-0.25, -0.2) is 19.2 Å². The number of rotatable bonds is 5. The summed E-state index contributed by atoms with van der Waals surface area (Å²) in [6.45, 7) is 5.21. The van der Waals surface area contributed by atoms with Gasteiger partial charge < -0.3 is 15.4 Å². The van der Waals surface area contributed by atoms with Crippen LogP contribution in [0, 0.1) is 25.6 Å². The second-order valence-electron chi connectivity index (χ2n) is 8.32. The van der Waals surface area contributed by atoms with Gasteiger partial charge in [0.25, 0.3) is 0 Å². The predicted octanol–water partition coefficient (Wildman–Crippen LogP) is 6.67. The Morgan fingerprint density at radius 3 is 2.17 bits per heavy atom. The first-order valence-electron chi connectivity index (χ1n) is 10.9. The molecule has 2 aromatic carbocycles. The van der Waals surface area contributed by atoms with Gasteiger partial charge in [0.15, 0.2) is 0 Å². The van der Waals surface area contributed by atoms with Crippen LogP contribution in [0.25, 0.3) is 0 Å². The highest BCUT2D eigenvalue weighted by atomic mass is 19.4. The summed E-state index contributed by atoms with van der Waals surface area (Å²) in [5.74, 6) is 0.406. The number of halogens is 4. The van der Waals surface area contributed by atoms with Gasteiger partial charge >= 0.3 is 12.2 Å². The lowest BCUT2D eigenvalue weighted by atomic mass is 10.2. The van der Waals surface area contributed by atoms with Crippen LogP contribution in [0.2, 0.25) is 0 Å². The van der Waals surface area contributed by atoms with Gasteiger partial charge in [-0.05, 0) is 69.5 Å². The van der Waals surface area contributed by atoms with E-state index in [0.717, 1.165) is 24.5 Å². The van der Waals surface area contributed by atoms with Crippen LogP contribution >= 0.6 is 0 Å². The number of amides is 2. The number of alkyl halides is 3. The Bertz CT molecular complexity index is 1260. The summed E-state index contributed by atoms with van der Waals surface area (Å²) in [5.41, 5.74) is 0.239. The maximum absolute atomic E-state index is 13.5. The van der Waals surface area contributed by atoms with Gasteiger partial charge in [-0.1, -0.05) is 0 Å². The van der Waals surface area contributed by atoms with E-state index >= 15 is 0 Å². The molecule has 0 atom stereocenters. The Hall–Kier alpha value is -4.02. The molecule has 4 rings (SSSR count). The summed E-state index contributed by atoms with van der Waals surface area (Å²) < 4.78 is 57.6. The highest BCUT2D eigenvalue weighted by Crippen LogP contribution is 2.32. The molecule has 2 N–H and O–H groups in total. The van der Waals surface area contributed by atoms with Crippen molar-refractivity contribution in [3.63, 3.8) is 0 Å². The Morgan fingerprint density at radius 1 is 0.944 bits per heavy atom. The zero-order chi connectivity index (χ0) is 26.5. The molecule has 0 saturated heterocycles. The van der Waals surface area contributed by atoms with Crippen molar-refractivity contribution < 1.29 is 31.9 Å². The number of carbonyl (C=O) groups excluding carboxylic acids is 2. The molecule has 0 unspecified atom stereocenters. The van der Waals surface area contributed by atoms with Gasteiger partial charge in [0.2, 0.25) is 5.88 Å². The van der Waals surface area contributed by atoms with E-state index in [4.69, 9.17) is 4.74 Å². The number of nitrogens with zero attached hydrogens (tertiary/aromatic N) is 2. The fourth-order valence-corrected chi connectivity index (χ4v) is 3.09. The van der Waals surface area contributed by atoms with E-state index in [9.17, 15) is 27.2 Å². The predicted molar refractivity (Wildman–Crippen MR) is 125 cm³/mol. The first-order chi connectivity index (χ1) is 16.9. The van der Waals surface area contributed by atoms with Crippen LogP contribution in [0.3, 0.4) is 0 Å². The Labute approximate surface area is 204 Å². The van der Waals surface area contributed by atoms with Crippen molar-refractivity contribution in [2.45, 2.75) is 39.8 Å². The second-order valence-corrected chi connectivity index (χ2v) is 8.32. The molecule has 7 nitrogen and oxygen atoms in total. The number of hydrogen-bond acceptors (Lipinski definition) is 5. The van der Waals surface area contributed by atoms with Crippen molar-refractivity contribution in [1.82, 2.24) is 9.97 Å². The zero-order valence-electron chi connectivity index (χ0n) is 19.7. The fraction of sp³-hybridized carbons (Fsp3) is 0.280. The highest BCUT2D eigenvalue weighted by Gasteiger charge is 2.31. The van der Waals surface area contributed by atoms with Crippen LogP contribution in [-0.4, -0.2) is 21.8 Å². The van der Waals surface area contributed by atoms with Gasteiger partial charge in [-0.2, -0.15) is 13.2 Å². The van der Waals surface area contributed by atoms with Crippen molar-refractivity contribution >= 4 is 23.2 Å². The van der Waals surface area contributed by atoms with Crippen LogP contribution in [-0.2, 0) is 11.0 Å². The minimum Gasteiger partial charge on any atom is -0.439 e. The first kappa shape index (κ1) is 26.6. The van der Waals surface area contributed by atoms with Crippen LogP contribution in [0.15, 0.2) is 48.8 Å². The summed E-state index contributed by atoms with van der Waals surface area (Å²) in [6, 6.07) is 7.42. The molecule has 0 aliphatic heterocycles. The molecule has 11 heteroatoms. The van der Waals surface area contributed by atoms with Crippen LogP contribution in [0.4, 0.5) is 33.7 Å². The lowest BCUT2D eigenvalue weighted by Crippen LogP contribution is -2.20. The van der Waals surface area contributed by atoms with Gasteiger partial charge in [0.05, 0.1) is 5.56 Å². The van der Waals surface area contributed by atoms with Gasteiger partial charge in [-0.3, -0.25) is 4.79 Å². The van der Waals surface area contributed by atoms with Crippen LogP contribution in [0.5, 0.6) is 11.6 Å². The Balaban J connectivity index is 0.000000526. The number of urea groups is 1. The molecule has 2 amide bonds. The van der Waals surface area contributed by atoms with Gasteiger partial charge in [-0.15, -0.1) is 0 Å². The lowest BCUT2D eigenvalue weighted by molar-refractivity contribution is -0.137.